The monoisotopic (exact) mass is 392 g/mol. The quantitative estimate of drug-likeness (QED) is 0.741. The second-order valence-electron chi connectivity index (χ2n) is 5.99. The van der Waals surface area contributed by atoms with Crippen LogP contribution >= 0.6 is 11.6 Å². The van der Waals surface area contributed by atoms with Crippen LogP contribution < -0.4 is 10.1 Å². The van der Waals surface area contributed by atoms with Crippen LogP contribution in [0.4, 0.5) is 10.1 Å². The molecule has 2 aromatic rings. The number of ether oxygens (including phenoxy) is 1. The molecule has 0 atom stereocenters. The van der Waals surface area contributed by atoms with Gasteiger partial charge in [0.2, 0.25) is 11.8 Å². The third-order valence-electron chi connectivity index (χ3n) is 4.10. The van der Waals surface area contributed by atoms with Crippen molar-refractivity contribution in [2.75, 3.05) is 25.5 Å². The maximum atomic E-state index is 13.2. The average molecular weight is 393 g/mol. The number of hydrogen-bond acceptors (Lipinski definition) is 3. The van der Waals surface area contributed by atoms with Gasteiger partial charge in [-0.2, -0.15) is 0 Å². The van der Waals surface area contributed by atoms with E-state index < -0.39 is 5.82 Å². The summed E-state index contributed by atoms with van der Waals surface area (Å²) >= 11 is 5.70. The van der Waals surface area contributed by atoms with Crippen molar-refractivity contribution >= 4 is 29.1 Å². The van der Waals surface area contributed by atoms with Crippen LogP contribution in [0.25, 0.3) is 0 Å². The van der Waals surface area contributed by atoms with E-state index in [0.717, 1.165) is 11.3 Å². The summed E-state index contributed by atoms with van der Waals surface area (Å²) in [6, 6.07) is 11.6. The van der Waals surface area contributed by atoms with Crippen LogP contribution in [0.5, 0.6) is 5.75 Å². The van der Waals surface area contributed by atoms with E-state index in [9.17, 15) is 14.0 Å². The molecule has 1 N–H and O–H groups in total. The van der Waals surface area contributed by atoms with E-state index in [-0.39, 0.29) is 29.8 Å². The van der Waals surface area contributed by atoms with Gasteiger partial charge in [-0.25, -0.2) is 4.39 Å². The van der Waals surface area contributed by atoms with Gasteiger partial charge in [0, 0.05) is 32.1 Å². The third-order valence-corrected chi connectivity index (χ3v) is 4.39. The van der Waals surface area contributed by atoms with Crippen LogP contribution in [0.1, 0.15) is 18.9 Å². The number of rotatable bonds is 8. The fourth-order valence-corrected chi connectivity index (χ4v) is 2.81. The highest BCUT2D eigenvalue weighted by Crippen LogP contribution is 2.20. The molecular weight excluding hydrogens is 371 g/mol. The Hall–Kier alpha value is -2.60. The molecule has 0 unspecified atom stereocenters. The Morgan fingerprint density at radius 2 is 1.93 bits per heavy atom. The number of carbonyl (C=O) groups is 2. The lowest BCUT2D eigenvalue weighted by atomic mass is 10.1. The minimum absolute atomic E-state index is 0.0602. The fourth-order valence-electron chi connectivity index (χ4n) is 2.63. The van der Waals surface area contributed by atoms with Crippen molar-refractivity contribution in [3.05, 3.63) is 58.9 Å². The lowest BCUT2D eigenvalue weighted by Gasteiger charge is -2.21. The normalized spacial score (nSPS) is 10.4. The van der Waals surface area contributed by atoms with Crippen LogP contribution in [-0.2, 0) is 16.0 Å². The molecule has 0 spiro atoms. The summed E-state index contributed by atoms with van der Waals surface area (Å²) in [7, 11) is 1.60. The van der Waals surface area contributed by atoms with Crippen molar-refractivity contribution in [2.45, 2.75) is 19.8 Å². The van der Waals surface area contributed by atoms with Crippen molar-refractivity contribution in [3.8, 4) is 5.75 Å². The number of nitrogens with zero attached hydrogens (tertiary/aromatic N) is 1. The molecule has 7 heteroatoms. The second-order valence-corrected chi connectivity index (χ2v) is 6.40. The van der Waals surface area contributed by atoms with Crippen molar-refractivity contribution < 1.29 is 18.7 Å². The summed E-state index contributed by atoms with van der Waals surface area (Å²) in [6.45, 7) is 2.23. The highest BCUT2D eigenvalue weighted by molar-refractivity contribution is 6.31. The molecule has 5 nitrogen and oxygen atoms in total. The molecule has 27 heavy (non-hydrogen) atoms. The van der Waals surface area contributed by atoms with Crippen LogP contribution in [0.2, 0.25) is 5.02 Å². The largest absolute Gasteiger partial charge is 0.496 e. The smallest absolute Gasteiger partial charge is 0.226 e. The number of para-hydroxylation sites is 1. The van der Waals surface area contributed by atoms with E-state index in [1.54, 1.807) is 12.0 Å². The van der Waals surface area contributed by atoms with Crippen molar-refractivity contribution in [3.63, 3.8) is 0 Å². The molecule has 2 aromatic carbocycles. The Bertz CT molecular complexity index is 814. The highest BCUT2D eigenvalue weighted by atomic mass is 35.5. The number of hydrogen-bond donors (Lipinski definition) is 1. The van der Waals surface area contributed by atoms with E-state index in [1.165, 1.54) is 25.1 Å². The number of carbonyl (C=O) groups excluding carboxylic acids is 2. The zero-order valence-corrected chi connectivity index (χ0v) is 16.1. The first kappa shape index (κ1) is 20.7. The van der Waals surface area contributed by atoms with Crippen LogP contribution in [0.15, 0.2) is 42.5 Å². The van der Waals surface area contributed by atoms with Crippen LogP contribution in [0, 0.1) is 5.82 Å². The summed E-state index contributed by atoms with van der Waals surface area (Å²) < 4.78 is 18.5. The molecular formula is C20H22ClFN2O3. The Kier molecular flexibility index (Phi) is 7.61. The van der Waals surface area contributed by atoms with E-state index in [0.29, 0.717) is 18.7 Å². The first-order valence-electron chi connectivity index (χ1n) is 8.53. The van der Waals surface area contributed by atoms with Gasteiger partial charge in [0.05, 0.1) is 12.1 Å². The standard InChI is InChI=1S/C20H22ClFN2O3/c1-14(25)24(11-9-15-5-3-4-6-19(15)27-2)12-10-20(26)23-16-7-8-18(22)17(21)13-16/h3-8,13H,9-12H2,1-2H3,(H,23,26). The van der Waals surface area contributed by atoms with Crippen molar-refractivity contribution in [1.29, 1.82) is 0 Å². The minimum atomic E-state index is -0.547. The van der Waals surface area contributed by atoms with Gasteiger partial charge in [-0.05, 0) is 36.2 Å². The molecule has 2 rings (SSSR count). The molecule has 0 aromatic heterocycles. The summed E-state index contributed by atoms with van der Waals surface area (Å²) in [4.78, 5) is 25.6. The van der Waals surface area contributed by atoms with E-state index in [1.807, 2.05) is 24.3 Å². The lowest BCUT2D eigenvalue weighted by molar-refractivity contribution is -0.129. The molecule has 144 valence electrons. The Balaban J connectivity index is 1.89. The van der Waals surface area contributed by atoms with Gasteiger partial charge in [0.25, 0.3) is 0 Å². The molecule has 0 saturated heterocycles. The molecule has 0 radical (unpaired) electrons. The summed E-state index contributed by atoms with van der Waals surface area (Å²) in [5.41, 5.74) is 1.41. The molecule has 2 amide bonds. The topological polar surface area (TPSA) is 58.6 Å². The Morgan fingerprint density at radius 3 is 2.59 bits per heavy atom. The average Bonchev–Trinajstić information content (AvgIpc) is 2.64. The summed E-state index contributed by atoms with van der Waals surface area (Å²) in [5.74, 6) is -0.163. The van der Waals surface area contributed by atoms with E-state index in [4.69, 9.17) is 16.3 Å². The molecule has 0 fully saturated rings. The molecule has 0 aliphatic rings. The fraction of sp³-hybridized carbons (Fsp3) is 0.300. The molecule has 0 saturated carbocycles. The van der Waals surface area contributed by atoms with Gasteiger partial charge < -0.3 is 15.0 Å². The SMILES string of the molecule is COc1ccccc1CCN(CCC(=O)Nc1ccc(F)c(Cl)c1)C(C)=O. The van der Waals surface area contributed by atoms with Gasteiger partial charge in [-0.3, -0.25) is 9.59 Å². The zero-order valence-electron chi connectivity index (χ0n) is 15.3. The molecule has 0 heterocycles. The zero-order chi connectivity index (χ0) is 19.8. The first-order chi connectivity index (χ1) is 12.9. The third kappa shape index (κ3) is 6.25. The molecule has 0 bridgehead atoms. The van der Waals surface area contributed by atoms with E-state index >= 15 is 0 Å². The van der Waals surface area contributed by atoms with Crippen LogP contribution in [0.3, 0.4) is 0 Å². The van der Waals surface area contributed by atoms with Gasteiger partial charge in [-0.15, -0.1) is 0 Å². The lowest BCUT2D eigenvalue weighted by Crippen LogP contribution is -2.33. The first-order valence-corrected chi connectivity index (χ1v) is 8.91. The van der Waals surface area contributed by atoms with Crippen LogP contribution in [-0.4, -0.2) is 36.9 Å². The van der Waals surface area contributed by atoms with Crippen molar-refractivity contribution in [1.82, 2.24) is 4.90 Å². The predicted octanol–water partition coefficient (Wildman–Crippen LogP) is 3.91. The van der Waals surface area contributed by atoms with E-state index in [2.05, 4.69) is 5.32 Å². The number of amides is 2. The maximum absolute atomic E-state index is 13.2. The van der Waals surface area contributed by atoms with Gasteiger partial charge in [0.15, 0.2) is 0 Å². The number of benzene rings is 2. The summed E-state index contributed by atoms with van der Waals surface area (Å²) in [5, 5.41) is 2.59. The Labute approximate surface area is 163 Å². The number of methoxy groups -OCH3 is 1. The van der Waals surface area contributed by atoms with Crippen molar-refractivity contribution in [2.24, 2.45) is 0 Å². The number of nitrogens with one attached hydrogen (secondary N) is 1. The maximum Gasteiger partial charge on any atom is 0.226 e. The second kappa shape index (κ2) is 9.92. The minimum Gasteiger partial charge on any atom is -0.496 e. The van der Waals surface area contributed by atoms with Gasteiger partial charge >= 0.3 is 0 Å². The van der Waals surface area contributed by atoms with Gasteiger partial charge in [0.1, 0.15) is 11.6 Å². The summed E-state index contributed by atoms with van der Waals surface area (Å²) in [6.07, 6.45) is 0.749. The van der Waals surface area contributed by atoms with Gasteiger partial charge in [-0.1, -0.05) is 29.8 Å². The molecule has 0 aliphatic heterocycles. The predicted molar refractivity (Wildman–Crippen MR) is 104 cm³/mol. The number of anilines is 1. The number of halogens is 2. The Morgan fingerprint density at radius 1 is 1.19 bits per heavy atom. The molecule has 0 aliphatic carbocycles. The highest BCUT2D eigenvalue weighted by Gasteiger charge is 2.13.